The van der Waals surface area contributed by atoms with Crippen molar-refractivity contribution in [2.75, 3.05) is 0 Å². The fourth-order valence-electron chi connectivity index (χ4n) is 4.95. The maximum Gasteiger partial charge on any atom is 0.00501 e. The van der Waals surface area contributed by atoms with Crippen LogP contribution in [0.15, 0.2) is 60.7 Å². The summed E-state index contributed by atoms with van der Waals surface area (Å²) in [5.41, 5.74) is 3.98. The van der Waals surface area contributed by atoms with Gasteiger partial charge in [-0.1, -0.05) is 73.5 Å². The standard InChI is InChI=1S/C20H22/c1-3-9-17(10-4-1)19-13-7-8-14-20(19,16-15-19)18-11-5-2-6-12-18/h1-6,9-12H,7-8,13-16H2/t19-,20-/m0/s1. The average Bonchev–Trinajstić information content (AvgIpc) is 2.51. The van der Waals surface area contributed by atoms with Gasteiger partial charge >= 0.3 is 0 Å². The molecule has 2 aromatic carbocycles. The minimum atomic E-state index is 0.411. The molecule has 0 spiro atoms. The topological polar surface area (TPSA) is 0 Å². The molecule has 0 bridgehead atoms. The van der Waals surface area contributed by atoms with Crippen LogP contribution >= 0.6 is 0 Å². The Bertz CT molecular complexity index is 530. The van der Waals surface area contributed by atoms with E-state index in [1.54, 1.807) is 11.1 Å². The summed E-state index contributed by atoms with van der Waals surface area (Å²) in [4.78, 5) is 0. The van der Waals surface area contributed by atoms with E-state index in [2.05, 4.69) is 60.7 Å². The second-order valence-electron chi connectivity index (χ2n) is 6.60. The average molecular weight is 262 g/mol. The molecule has 0 radical (unpaired) electrons. The highest BCUT2D eigenvalue weighted by Crippen LogP contribution is 2.65. The first kappa shape index (κ1) is 12.2. The Kier molecular flexibility index (Phi) is 2.73. The molecular formula is C20H22. The van der Waals surface area contributed by atoms with Crippen molar-refractivity contribution >= 4 is 0 Å². The lowest BCUT2D eigenvalue weighted by Gasteiger charge is -2.63. The summed E-state index contributed by atoms with van der Waals surface area (Å²) in [6.07, 6.45) is 8.25. The fourth-order valence-corrected chi connectivity index (χ4v) is 4.95. The van der Waals surface area contributed by atoms with Gasteiger partial charge in [0.15, 0.2) is 0 Å². The van der Waals surface area contributed by atoms with E-state index in [4.69, 9.17) is 0 Å². The van der Waals surface area contributed by atoms with E-state index in [1.807, 2.05) is 0 Å². The van der Waals surface area contributed by atoms with Crippen LogP contribution in [-0.2, 0) is 10.8 Å². The van der Waals surface area contributed by atoms with E-state index >= 15 is 0 Å². The minimum absolute atomic E-state index is 0.411. The summed E-state index contributed by atoms with van der Waals surface area (Å²) < 4.78 is 0. The van der Waals surface area contributed by atoms with Gasteiger partial charge in [-0.3, -0.25) is 0 Å². The van der Waals surface area contributed by atoms with Gasteiger partial charge in [0.05, 0.1) is 0 Å². The predicted molar refractivity (Wildman–Crippen MR) is 83.9 cm³/mol. The van der Waals surface area contributed by atoms with Gasteiger partial charge < -0.3 is 0 Å². The van der Waals surface area contributed by atoms with Gasteiger partial charge in [0.2, 0.25) is 0 Å². The van der Waals surface area contributed by atoms with Crippen LogP contribution in [0, 0.1) is 0 Å². The Morgan fingerprint density at radius 3 is 1.25 bits per heavy atom. The lowest BCUT2D eigenvalue weighted by Crippen LogP contribution is -2.59. The highest BCUT2D eigenvalue weighted by atomic mass is 14.6. The molecule has 0 aromatic heterocycles. The third-order valence-electron chi connectivity index (χ3n) is 6.00. The summed E-state index contributed by atoms with van der Waals surface area (Å²) in [7, 11) is 0. The Morgan fingerprint density at radius 1 is 0.500 bits per heavy atom. The van der Waals surface area contributed by atoms with E-state index in [1.165, 1.54) is 38.5 Å². The molecule has 4 rings (SSSR count). The summed E-state index contributed by atoms with van der Waals surface area (Å²) in [6, 6.07) is 22.6. The van der Waals surface area contributed by atoms with Crippen LogP contribution in [0.2, 0.25) is 0 Å². The molecule has 2 aromatic rings. The Labute approximate surface area is 121 Å². The SMILES string of the molecule is c1ccc([C@@]23CCCC[C@@]2(c2ccccc2)CC3)cc1. The summed E-state index contributed by atoms with van der Waals surface area (Å²) in [5, 5.41) is 0. The van der Waals surface area contributed by atoms with Crippen molar-refractivity contribution in [3.8, 4) is 0 Å². The molecule has 2 fully saturated rings. The summed E-state index contributed by atoms with van der Waals surface area (Å²) in [5.74, 6) is 0. The maximum atomic E-state index is 2.36. The van der Waals surface area contributed by atoms with Gasteiger partial charge in [-0.15, -0.1) is 0 Å². The molecule has 0 heterocycles. The monoisotopic (exact) mass is 262 g/mol. The minimum Gasteiger partial charge on any atom is -0.0622 e. The lowest BCUT2D eigenvalue weighted by atomic mass is 9.40. The van der Waals surface area contributed by atoms with E-state index in [9.17, 15) is 0 Å². The van der Waals surface area contributed by atoms with Gasteiger partial charge in [-0.25, -0.2) is 0 Å². The molecule has 2 saturated carbocycles. The summed E-state index contributed by atoms with van der Waals surface area (Å²) >= 11 is 0. The van der Waals surface area contributed by atoms with Crippen LogP contribution in [0.3, 0.4) is 0 Å². The number of hydrogen-bond acceptors (Lipinski definition) is 0. The Balaban J connectivity index is 1.86. The maximum absolute atomic E-state index is 2.36. The molecule has 0 nitrogen and oxygen atoms in total. The van der Waals surface area contributed by atoms with E-state index in [0.717, 1.165) is 0 Å². The number of rotatable bonds is 2. The number of hydrogen-bond donors (Lipinski definition) is 0. The summed E-state index contributed by atoms with van der Waals surface area (Å²) in [6.45, 7) is 0. The number of benzene rings is 2. The number of fused-ring (bicyclic) bond motifs is 1. The Morgan fingerprint density at radius 2 is 0.900 bits per heavy atom. The third kappa shape index (κ3) is 1.48. The van der Waals surface area contributed by atoms with E-state index < -0.39 is 0 Å². The van der Waals surface area contributed by atoms with Crippen molar-refractivity contribution < 1.29 is 0 Å². The molecule has 0 heteroatoms. The van der Waals surface area contributed by atoms with E-state index in [0.29, 0.717) is 10.8 Å². The van der Waals surface area contributed by atoms with Crippen molar-refractivity contribution in [3.63, 3.8) is 0 Å². The quantitative estimate of drug-likeness (QED) is 0.695. The molecule has 0 unspecified atom stereocenters. The van der Waals surface area contributed by atoms with E-state index in [-0.39, 0.29) is 0 Å². The fraction of sp³-hybridized carbons (Fsp3) is 0.400. The van der Waals surface area contributed by atoms with Crippen LogP contribution in [0.25, 0.3) is 0 Å². The van der Waals surface area contributed by atoms with Gasteiger partial charge in [0.25, 0.3) is 0 Å². The van der Waals surface area contributed by atoms with Crippen LogP contribution in [0.1, 0.15) is 49.7 Å². The molecule has 0 N–H and O–H groups in total. The molecule has 0 aliphatic heterocycles. The highest BCUT2D eigenvalue weighted by molar-refractivity contribution is 5.44. The normalized spacial score (nSPS) is 32.2. The molecule has 2 aliphatic carbocycles. The molecular weight excluding hydrogens is 240 g/mol. The van der Waals surface area contributed by atoms with Crippen LogP contribution < -0.4 is 0 Å². The van der Waals surface area contributed by atoms with Crippen LogP contribution in [0.5, 0.6) is 0 Å². The molecule has 102 valence electrons. The van der Waals surface area contributed by atoms with Crippen LogP contribution in [-0.4, -0.2) is 0 Å². The lowest BCUT2D eigenvalue weighted by molar-refractivity contribution is 0.0225. The molecule has 0 saturated heterocycles. The zero-order valence-corrected chi connectivity index (χ0v) is 12.0. The molecule has 2 atom stereocenters. The second-order valence-corrected chi connectivity index (χ2v) is 6.60. The van der Waals surface area contributed by atoms with Gasteiger partial charge in [-0.2, -0.15) is 0 Å². The van der Waals surface area contributed by atoms with Crippen molar-refractivity contribution in [3.05, 3.63) is 71.8 Å². The predicted octanol–water partition coefficient (Wildman–Crippen LogP) is 5.23. The molecule has 0 amide bonds. The zero-order valence-electron chi connectivity index (χ0n) is 12.0. The van der Waals surface area contributed by atoms with Gasteiger partial charge in [0.1, 0.15) is 0 Å². The first-order chi connectivity index (χ1) is 9.87. The second kappa shape index (κ2) is 4.48. The molecule has 20 heavy (non-hydrogen) atoms. The van der Waals surface area contributed by atoms with Crippen molar-refractivity contribution in [1.82, 2.24) is 0 Å². The van der Waals surface area contributed by atoms with Crippen molar-refractivity contribution in [2.24, 2.45) is 0 Å². The van der Waals surface area contributed by atoms with Gasteiger partial charge in [-0.05, 0) is 36.8 Å². The molecule has 2 aliphatic rings. The Hall–Kier alpha value is -1.56. The van der Waals surface area contributed by atoms with Crippen LogP contribution in [0.4, 0.5) is 0 Å². The van der Waals surface area contributed by atoms with Gasteiger partial charge in [0, 0.05) is 10.8 Å². The first-order valence-corrected chi connectivity index (χ1v) is 7.99. The zero-order chi connectivity index (χ0) is 13.5. The smallest absolute Gasteiger partial charge is 0.00501 e. The largest absolute Gasteiger partial charge is 0.0622 e. The first-order valence-electron chi connectivity index (χ1n) is 7.99. The van der Waals surface area contributed by atoms with Crippen molar-refractivity contribution in [2.45, 2.75) is 49.4 Å². The third-order valence-corrected chi connectivity index (χ3v) is 6.00. The highest BCUT2D eigenvalue weighted by Gasteiger charge is 2.60. The van der Waals surface area contributed by atoms with Crippen molar-refractivity contribution in [1.29, 1.82) is 0 Å².